The van der Waals surface area contributed by atoms with Gasteiger partial charge >= 0.3 is 0 Å². The van der Waals surface area contributed by atoms with Crippen molar-refractivity contribution in [3.8, 4) is 11.6 Å². The van der Waals surface area contributed by atoms with E-state index < -0.39 is 29.1 Å². The van der Waals surface area contributed by atoms with Gasteiger partial charge in [-0.3, -0.25) is 4.90 Å². The Kier molecular flexibility index (Phi) is 6.21. The zero-order chi connectivity index (χ0) is 23.7. The number of benzene rings is 2. The monoisotopic (exact) mass is 467 g/mol. The van der Waals surface area contributed by atoms with E-state index in [1.54, 1.807) is 13.0 Å². The van der Waals surface area contributed by atoms with Crippen LogP contribution in [0.1, 0.15) is 23.6 Å². The third-order valence-corrected chi connectivity index (χ3v) is 5.97. The molecule has 0 unspecified atom stereocenters. The Labute approximate surface area is 195 Å². The number of nitrogens with zero attached hydrogens (tertiary/aromatic N) is 3. The summed E-state index contributed by atoms with van der Waals surface area (Å²) in [6, 6.07) is 8.54. The molecule has 0 atom stereocenters. The number of aromatic nitrogens is 2. The van der Waals surface area contributed by atoms with Gasteiger partial charge in [-0.2, -0.15) is 9.37 Å². The Morgan fingerprint density at radius 2 is 1.82 bits per heavy atom. The average molecular weight is 467 g/mol. The minimum Gasteiger partial charge on any atom is -0.433 e. The molecule has 1 aliphatic carbocycles. The van der Waals surface area contributed by atoms with Crippen LogP contribution in [-0.4, -0.2) is 41.0 Å². The van der Waals surface area contributed by atoms with Gasteiger partial charge in [0.1, 0.15) is 12.1 Å². The highest BCUT2D eigenvalue weighted by atomic mass is 19.1. The molecule has 3 aromatic rings. The first-order valence-electron chi connectivity index (χ1n) is 11.1. The lowest BCUT2D eigenvalue weighted by Crippen LogP contribution is -2.42. The Balaban J connectivity index is 1.32. The normalized spacial score (nSPS) is 15.7. The predicted molar refractivity (Wildman–Crippen MR) is 124 cm³/mol. The summed E-state index contributed by atoms with van der Waals surface area (Å²) in [5.74, 6) is -3.31. The molecule has 0 radical (unpaired) electrons. The minimum atomic E-state index is -0.903. The van der Waals surface area contributed by atoms with E-state index >= 15 is 4.39 Å². The number of nitrogens with one attached hydrogen (secondary N) is 2. The number of halogens is 3. The van der Waals surface area contributed by atoms with Crippen LogP contribution < -0.4 is 15.4 Å². The van der Waals surface area contributed by atoms with E-state index in [-0.39, 0.29) is 16.9 Å². The SMILES string of the molecule is CC1=Cc2c(F)c(Oc3ncnc(Nc4ccc(CN5CCNCC5)cc4)c3F)cc(F)c2C1. The molecule has 176 valence electrons. The summed E-state index contributed by atoms with van der Waals surface area (Å²) in [4.78, 5) is 10.1. The van der Waals surface area contributed by atoms with Crippen molar-refractivity contribution in [2.45, 2.75) is 19.9 Å². The number of rotatable bonds is 6. The molecule has 1 fully saturated rings. The molecule has 2 aliphatic rings. The van der Waals surface area contributed by atoms with E-state index in [4.69, 9.17) is 4.74 Å². The van der Waals surface area contributed by atoms with E-state index in [1.165, 1.54) is 0 Å². The number of allylic oxidation sites excluding steroid dienone is 1. The van der Waals surface area contributed by atoms with Crippen LogP contribution in [0.3, 0.4) is 0 Å². The molecule has 0 bridgehead atoms. The van der Waals surface area contributed by atoms with Crippen molar-refractivity contribution in [2.24, 2.45) is 0 Å². The zero-order valence-corrected chi connectivity index (χ0v) is 18.7. The van der Waals surface area contributed by atoms with E-state index in [0.29, 0.717) is 12.1 Å². The second kappa shape index (κ2) is 9.44. The fourth-order valence-corrected chi connectivity index (χ4v) is 4.21. The number of piperazine rings is 1. The first-order valence-corrected chi connectivity index (χ1v) is 11.1. The molecule has 1 saturated heterocycles. The minimum absolute atomic E-state index is 0.126. The third-order valence-electron chi connectivity index (χ3n) is 5.97. The van der Waals surface area contributed by atoms with E-state index in [2.05, 4.69) is 25.5 Å². The molecule has 2 heterocycles. The maximum absolute atomic E-state index is 15.0. The van der Waals surface area contributed by atoms with E-state index in [9.17, 15) is 8.78 Å². The molecule has 9 heteroatoms. The number of hydrogen-bond acceptors (Lipinski definition) is 6. The number of fused-ring (bicyclic) bond motifs is 1. The lowest BCUT2D eigenvalue weighted by atomic mass is 10.1. The van der Waals surface area contributed by atoms with Crippen molar-refractivity contribution in [3.05, 3.63) is 76.4 Å². The van der Waals surface area contributed by atoms with Crippen LogP contribution >= 0.6 is 0 Å². The molecular formula is C25H24F3N5O. The summed E-state index contributed by atoms with van der Waals surface area (Å²) in [5.41, 5.74) is 3.01. The maximum atomic E-state index is 15.0. The van der Waals surface area contributed by atoms with Gasteiger partial charge in [-0.15, -0.1) is 0 Å². The quantitative estimate of drug-likeness (QED) is 0.544. The smallest absolute Gasteiger partial charge is 0.261 e. The van der Waals surface area contributed by atoms with Crippen LogP contribution in [0.4, 0.5) is 24.7 Å². The molecule has 34 heavy (non-hydrogen) atoms. The molecule has 0 spiro atoms. The topological polar surface area (TPSA) is 62.3 Å². The second-order valence-electron chi connectivity index (χ2n) is 8.52. The van der Waals surface area contributed by atoms with E-state index in [1.807, 2.05) is 24.3 Å². The number of hydrogen-bond donors (Lipinski definition) is 2. The molecule has 0 amide bonds. The highest BCUT2D eigenvalue weighted by molar-refractivity contribution is 5.66. The first kappa shape index (κ1) is 22.4. The molecule has 5 rings (SSSR count). The molecule has 1 aromatic heterocycles. The second-order valence-corrected chi connectivity index (χ2v) is 8.52. The van der Waals surface area contributed by atoms with Gasteiger partial charge in [0.25, 0.3) is 5.88 Å². The van der Waals surface area contributed by atoms with Gasteiger partial charge < -0.3 is 15.4 Å². The van der Waals surface area contributed by atoms with Crippen LogP contribution in [0.15, 0.2) is 42.2 Å². The average Bonchev–Trinajstić information content (AvgIpc) is 3.24. The summed E-state index contributed by atoms with van der Waals surface area (Å²) in [6.45, 7) is 6.60. The van der Waals surface area contributed by atoms with Gasteiger partial charge in [-0.1, -0.05) is 23.8 Å². The maximum Gasteiger partial charge on any atom is 0.261 e. The molecule has 6 nitrogen and oxygen atoms in total. The van der Waals surface area contributed by atoms with Gasteiger partial charge in [0.15, 0.2) is 17.4 Å². The van der Waals surface area contributed by atoms with Crippen LogP contribution in [-0.2, 0) is 13.0 Å². The lowest BCUT2D eigenvalue weighted by Gasteiger charge is -2.27. The Morgan fingerprint density at radius 3 is 2.59 bits per heavy atom. The van der Waals surface area contributed by atoms with Gasteiger partial charge in [0, 0.05) is 55.6 Å². The van der Waals surface area contributed by atoms with Crippen molar-refractivity contribution in [1.29, 1.82) is 0 Å². The standard InChI is InChI=1S/C25H24F3N5O/c1-15-10-18-19(11-15)22(27)21(12-20(18)26)34-25-23(28)24(30-14-31-25)32-17-4-2-16(3-5-17)13-33-8-6-29-7-9-33/h2-5,11-12,14,29H,6-10,13H2,1H3,(H,30,31,32). The number of anilines is 2. The van der Waals surface area contributed by atoms with Gasteiger partial charge in [0.05, 0.1) is 0 Å². The lowest BCUT2D eigenvalue weighted by molar-refractivity contribution is 0.233. The van der Waals surface area contributed by atoms with Crippen LogP contribution in [0.5, 0.6) is 11.6 Å². The third kappa shape index (κ3) is 4.62. The Bertz CT molecular complexity index is 1240. The fourth-order valence-electron chi connectivity index (χ4n) is 4.21. The van der Waals surface area contributed by atoms with Crippen LogP contribution in [0.25, 0.3) is 6.08 Å². The summed E-state index contributed by atoms with van der Waals surface area (Å²) >= 11 is 0. The Hall–Kier alpha value is -3.43. The van der Waals surface area contributed by atoms with Crippen molar-refractivity contribution in [1.82, 2.24) is 20.2 Å². The highest BCUT2D eigenvalue weighted by Gasteiger charge is 2.24. The summed E-state index contributed by atoms with van der Waals surface area (Å²) < 4.78 is 49.7. The summed E-state index contributed by atoms with van der Waals surface area (Å²) in [6.07, 6.45) is 3.00. The molecule has 2 N–H and O–H groups in total. The van der Waals surface area contributed by atoms with E-state index in [0.717, 1.165) is 56.3 Å². The molecular weight excluding hydrogens is 443 g/mol. The predicted octanol–water partition coefficient (Wildman–Crippen LogP) is 4.79. The highest BCUT2D eigenvalue weighted by Crippen LogP contribution is 2.37. The summed E-state index contributed by atoms with van der Waals surface area (Å²) in [5, 5.41) is 6.22. The van der Waals surface area contributed by atoms with Crippen molar-refractivity contribution in [3.63, 3.8) is 0 Å². The first-order chi connectivity index (χ1) is 16.5. The van der Waals surface area contributed by atoms with Gasteiger partial charge in [-0.05, 0) is 31.0 Å². The zero-order valence-electron chi connectivity index (χ0n) is 18.7. The molecule has 0 saturated carbocycles. The van der Waals surface area contributed by atoms with Crippen LogP contribution in [0.2, 0.25) is 0 Å². The Morgan fingerprint density at radius 1 is 1.06 bits per heavy atom. The summed E-state index contributed by atoms with van der Waals surface area (Å²) in [7, 11) is 0. The molecule has 2 aromatic carbocycles. The van der Waals surface area contributed by atoms with Gasteiger partial charge in [-0.25, -0.2) is 13.8 Å². The van der Waals surface area contributed by atoms with Crippen molar-refractivity contribution >= 4 is 17.6 Å². The molecule has 1 aliphatic heterocycles. The van der Waals surface area contributed by atoms with Crippen molar-refractivity contribution < 1.29 is 17.9 Å². The fraction of sp³-hybridized carbons (Fsp3) is 0.280. The van der Waals surface area contributed by atoms with Gasteiger partial charge in [0.2, 0.25) is 5.82 Å². The van der Waals surface area contributed by atoms with Crippen molar-refractivity contribution in [2.75, 3.05) is 31.5 Å². The largest absolute Gasteiger partial charge is 0.433 e. The number of ether oxygens (including phenoxy) is 1. The van der Waals surface area contributed by atoms with Crippen LogP contribution in [0, 0.1) is 17.5 Å².